The number of nitrogens with one attached hydrogen (secondary N) is 1. The number of hydrogen-bond acceptors (Lipinski definition) is 5. The maximum atomic E-state index is 11.8. The molecule has 6 heteroatoms. The van der Waals surface area contributed by atoms with Crippen molar-refractivity contribution in [3.8, 4) is 22.5 Å². The zero-order valence-electron chi connectivity index (χ0n) is 19.6. The van der Waals surface area contributed by atoms with Crippen molar-refractivity contribution in [1.82, 2.24) is 15.5 Å². The maximum Gasteiger partial charge on any atom is 0.336 e. The quantitative estimate of drug-likeness (QED) is 0.371. The van der Waals surface area contributed by atoms with Gasteiger partial charge in [0.2, 0.25) is 11.7 Å². The molecule has 1 aliphatic rings. The summed E-state index contributed by atoms with van der Waals surface area (Å²) >= 11 is 0. The van der Waals surface area contributed by atoms with Gasteiger partial charge in [0, 0.05) is 18.5 Å². The van der Waals surface area contributed by atoms with E-state index in [0.717, 1.165) is 53.8 Å². The average Bonchev–Trinajstić information content (AvgIpc) is 3.38. The third-order valence-electron chi connectivity index (χ3n) is 6.35. The van der Waals surface area contributed by atoms with Gasteiger partial charge >= 0.3 is 5.97 Å². The van der Waals surface area contributed by atoms with E-state index in [1.807, 2.05) is 36.4 Å². The number of nitrogens with zero attached hydrogens (tertiary/aromatic N) is 2. The third-order valence-corrected chi connectivity index (χ3v) is 6.35. The highest BCUT2D eigenvalue weighted by Gasteiger charge is 2.17. The molecule has 0 bridgehead atoms. The lowest BCUT2D eigenvalue weighted by atomic mass is 9.91. The van der Waals surface area contributed by atoms with E-state index in [4.69, 9.17) is 4.52 Å². The number of carboxylic acid groups (broad SMARTS) is 1. The SMILES string of the molecule is Cc1ccc(CCc2nc(-c3ccc(-c4ccc(C(=O)O)c(C5=CCNCC5)c4)cc3)no2)cc1. The lowest BCUT2D eigenvalue weighted by Gasteiger charge is -2.17. The molecule has 2 heterocycles. The van der Waals surface area contributed by atoms with Crippen molar-refractivity contribution in [1.29, 1.82) is 0 Å². The molecule has 2 N–H and O–H groups in total. The Balaban J connectivity index is 1.33. The Morgan fingerprint density at radius 1 is 0.971 bits per heavy atom. The maximum absolute atomic E-state index is 11.8. The normalized spacial score (nSPS) is 13.5. The fourth-order valence-electron chi connectivity index (χ4n) is 4.33. The number of aryl methyl sites for hydroxylation is 3. The summed E-state index contributed by atoms with van der Waals surface area (Å²) in [6.07, 6.45) is 4.43. The van der Waals surface area contributed by atoms with Gasteiger partial charge in [0.15, 0.2) is 0 Å². The molecule has 1 aliphatic heterocycles. The lowest BCUT2D eigenvalue weighted by Crippen LogP contribution is -2.20. The Hall–Kier alpha value is -4.03. The second kappa shape index (κ2) is 10.1. The van der Waals surface area contributed by atoms with E-state index < -0.39 is 5.97 Å². The number of carbonyl (C=O) groups is 1. The standard InChI is InChI=1S/C29H27N3O3/c1-19-2-4-20(5-3-19)6-13-27-31-28(32-35-27)23-9-7-21(8-10-23)24-11-12-25(29(33)34)26(18-24)22-14-16-30-17-15-22/h2-5,7-12,14,18,30H,6,13,15-17H2,1H3,(H,33,34). The summed E-state index contributed by atoms with van der Waals surface area (Å²) in [5.41, 5.74) is 7.54. The highest BCUT2D eigenvalue weighted by Crippen LogP contribution is 2.30. The second-order valence-corrected chi connectivity index (χ2v) is 8.82. The second-order valence-electron chi connectivity index (χ2n) is 8.82. The van der Waals surface area contributed by atoms with Crippen LogP contribution in [0.3, 0.4) is 0 Å². The number of carboxylic acids is 1. The molecule has 3 aromatic carbocycles. The van der Waals surface area contributed by atoms with Crippen LogP contribution in [0.2, 0.25) is 0 Å². The molecule has 0 spiro atoms. The van der Waals surface area contributed by atoms with E-state index >= 15 is 0 Å². The molecule has 0 saturated carbocycles. The first-order chi connectivity index (χ1) is 17.1. The summed E-state index contributed by atoms with van der Waals surface area (Å²) < 4.78 is 5.47. The van der Waals surface area contributed by atoms with Gasteiger partial charge in [0.1, 0.15) is 0 Å². The van der Waals surface area contributed by atoms with Crippen LogP contribution < -0.4 is 5.32 Å². The summed E-state index contributed by atoms with van der Waals surface area (Å²) in [6.45, 7) is 3.68. The molecule has 1 aromatic heterocycles. The minimum atomic E-state index is -0.906. The van der Waals surface area contributed by atoms with E-state index in [-0.39, 0.29) is 0 Å². The highest BCUT2D eigenvalue weighted by molar-refractivity contribution is 5.95. The van der Waals surface area contributed by atoms with Crippen molar-refractivity contribution in [3.63, 3.8) is 0 Å². The van der Waals surface area contributed by atoms with Gasteiger partial charge in [-0.3, -0.25) is 0 Å². The Morgan fingerprint density at radius 3 is 2.43 bits per heavy atom. The Morgan fingerprint density at radius 2 is 1.71 bits per heavy atom. The van der Waals surface area contributed by atoms with Gasteiger partial charge in [-0.15, -0.1) is 0 Å². The molecule has 0 fully saturated rings. The molecule has 0 amide bonds. The molecular weight excluding hydrogens is 438 g/mol. The minimum Gasteiger partial charge on any atom is -0.478 e. The molecule has 6 nitrogen and oxygen atoms in total. The van der Waals surface area contributed by atoms with Crippen LogP contribution in [0.15, 0.2) is 77.3 Å². The molecule has 0 unspecified atom stereocenters. The van der Waals surface area contributed by atoms with Crippen molar-refractivity contribution in [2.75, 3.05) is 13.1 Å². The first kappa shape index (κ1) is 22.7. The zero-order chi connectivity index (χ0) is 24.2. The van der Waals surface area contributed by atoms with E-state index in [2.05, 4.69) is 52.7 Å². The van der Waals surface area contributed by atoms with Crippen LogP contribution in [0.1, 0.15) is 39.4 Å². The average molecular weight is 466 g/mol. The fourth-order valence-corrected chi connectivity index (χ4v) is 4.33. The smallest absolute Gasteiger partial charge is 0.336 e. The number of benzene rings is 3. The van der Waals surface area contributed by atoms with Gasteiger partial charge in [-0.2, -0.15) is 4.98 Å². The summed E-state index contributed by atoms with van der Waals surface area (Å²) in [7, 11) is 0. The van der Waals surface area contributed by atoms with Gasteiger partial charge in [-0.1, -0.05) is 71.4 Å². The molecular formula is C29H27N3O3. The Kier molecular flexibility index (Phi) is 6.55. The largest absolute Gasteiger partial charge is 0.478 e. The number of rotatable bonds is 7. The first-order valence-electron chi connectivity index (χ1n) is 11.8. The number of hydrogen-bond donors (Lipinski definition) is 2. The van der Waals surface area contributed by atoms with Gasteiger partial charge in [0.05, 0.1) is 5.56 Å². The van der Waals surface area contributed by atoms with E-state index in [1.54, 1.807) is 6.07 Å². The van der Waals surface area contributed by atoms with Crippen LogP contribution in [-0.4, -0.2) is 34.3 Å². The first-order valence-corrected chi connectivity index (χ1v) is 11.8. The molecule has 176 valence electrons. The molecule has 0 saturated heterocycles. The van der Waals surface area contributed by atoms with Crippen molar-refractivity contribution in [2.24, 2.45) is 0 Å². The number of aromatic carboxylic acids is 1. The van der Waals surface area contributed by atoms with Crippen LogP contribution in [-0.2, 0) is 12.8 Å². The van der Waals surface area contributed by atoms with Crippen LogP contribution in [0.4, 0.5) is 0 Å². The summed E-state index contributed by atoms with van der Waals surface area (Å²) in [4.78, 5) is 16.4. The molecule has 0 radical (unpaired) electrons. The summed E-state index contributed by atoms with van der Waals surface area (Å²) in [5.74, 6) is 0.280. The monoisotopic (exact) mass is 465 g/mol. The third kappa shape index (κ3) is 5.23. The van der Waals surface area contributed by atoms with E-state index in [0.29, 0.717) is 23.7 Å². The number of aromatic nitrogens is 2. The van der Waals surface area contributed by atoms with Crippen LogP contribution in [0, 0.1) is 6.92 Å². The molecule has 0 atom stereocenters. The fraction of sp³-hybridized carbons (Fsp3) is 0.207. The predicted molar refractivity (Wildman–Crippen MR) is 136 cm³/mol. The summed E-state index contributed by atoms with van der Waals surface area (Å²) in [6, 6.07) is 22.0. The van der Waals surface area contributed by atoms with E-state index in [1.165, 1.54) is 11.1 Å². The van der Waals surface area contributed by atoms with Gasteiger partial charge in [-0.05, 0) is 66.3 Å². The molecule has 35 heavy (non-hydrogen) atoms. The van der Waals surface area contributed by atoms with Gasteiger partial charge in [-0.25, -0.2) is 4.79 Å². The van der Waals surface area contributed by atoms with Crippen molar-refractivity contribution < 1.29 is 14.4 Å². The van der Waals surface area contributed by atoms with Crippen molar-refractivity contribution >= 4 is 11.5 Å². The molecule has 5 rings (SSSR count). The Labute approximate surface area is 204 Å². The van der Waals surface area contributed by atoms with Crippen LogP contribution in [0.25, 0.3) is 28.1 Å². The van der Waals surface area contributed by atoms with Crippen molar-refractivity contribution in [3.05, 3.63) is 101 Å². The van der Waals surface area contributed by atoms with E-state index in [9.17, 15) is 9.90 Å². The minimum absolute atomic E-state index is 0.337. The van der Waals surface area contributed by atoms with Crippen LogP contribution >= 0.6 is 0 Å². The van der Waals surface area contributed by atoms with Gasteiger partial charge < -0.3 is 14.9 Å². The highest BCUT2D eigenvalue weighted by atomic mass is 16.5. The molecule has 0 aliphatic carbocycles. The summed E-state index contributed by atoms with van der Waals surface area (Å²) in [5, 5.41) is 17.1. The van der Waals surface area contributed by atoms with Crippen LogP contribution in [0.5, 0.6) is 0 Å². The zero-order valence-corrected chi connectivity index (χ0v) is 19.6. The van der Waals surface area contributed by atoms with Gasteiger partial charge in [0.25, 0.3) is 0 Å². The predicted octanol–water partition coefficient (Wildman–Crippen LogP) is 5.57. The lowest BCUT2D eigenvalue weighted by molar-refractivity contribution is 0.0696. The van der Waals surface area contributed by atoms with Crippen molar-refractivity contribution in [2.45, 2.75) is 26.2 Å². The molecule has 4 aromatic rings. The topological polar surface area (TPSA) is 88.2 Å². The Bertz CT molecular complexity index is 1370.